The second kappa shape index (κ2) is 10.6. The van der Waals surface area contributed by atoms with Gasteiger partial charge in [-0.15, -0.1) is 10.2 Å². The summed E-state index contributed by atoms with van der Waals surface area (Å²) < 4.78 is 1.87. The summed E-state index contributed by atoms with van der Waals surface area (Å²) in [6.45, 7) is 4.16. The normalized spacial score (nSPS) is 12.0. The molecule has 0 radical (unpaired) electrons. The van der Waals surface area contributed by atoms with E-state index < -0.39 is 4.92 Å². The summed E-state index contributed by atoms with van der Waals surface area (Å²) in [7, 11) is 1.86. The molecule has 10 heteroatoms. The second-order valence-electron chi connectivity index (χ2n) is 7.75. The molecule has 8 nitrogen and oxygen atoms in total. The van der Waals surface area contributed by atoms with E-state index in [1.54, 1.807) is 36.4 Å². The first-order chi connectivity index (χ1) is 15.3. The van der Waals surface area contributed by atoms with Crippen molar-refractivity contribution in [2.24, 2.45) is 13.0 Å². The highest BCUT2D eigenvalue weighted by Gasteiger charge is 2.24. The lowest BCUT2D eigenvalue weighted by molar-refractivity contribution is -0.384. The van der Waals surface area contributed by atoms with Crippen molar-refractivity contribution in [1.82, 2.24) is 20.1 Å². The highest BCUT2D eigenvalue weighted by atomic mass is 35.5. The molecule has 0 saturated carbocycles. The van der Waals surface area contributed by atoms with Gasteiger partial charge in [-0.05, 0) is 30.0 Å². The number of thioether (sulfide) groups is 1. The average Bonchev–Trinajstić information content (AvgIpc) is 3.12. The molecule has 0 fully saturated rings. The molecular formula is C22H24ClN5O3S. The Balaban J connectivity index is 1.74. The fourth-order valence-electron chi connectivity index (χ4n) is 3.20. The zero-order valence-corrected chi connectivity index (χ0v) is 19.6. The van der Waals surface area contributed by atoms with Gasteiger partial charge in [0.1, 0.15) is 0 Å². The first-order valence-corrected chi connectivity index (χ1v) is 11.4. The van der Waals surface area contributed by atoms with Crippen molar-refractivity contribution in [3.05, 3.63) is 80.6 Å². The molecular weight excluding hydrogens is 450 g/mol. The number of nitrogens with zero attached hydrogens (tertiary/aromatic N) is 4. The van der Waals surface area contributed by atoms with Crippen molar-refractivity contribution in [2.45, 2.75) is 37.2 Å². The number of nitrogens with one attached hydrogen (secondary N) is 1. The highest BCUT2D eigenvalue weighted by Crippen LogP contribution is 2.27. The van der Waals surface area contributed by atoms with E-state index in [0.29, 0.717) is 39.7 Å². The third kappa shape index (κ3) is 5.86. The standard InChI is InChI=1S/C22H24ClN5O3S/c1-14(2)12-19(24-21(29)17-6-4-5-7-18(17)23)20-25-26-22(27(20)3)32-13-15-8-10-16(11-9-15)28(30)31/h4-11,14,19H,12-13H2,1-3H3,(H,24,29)/t19-/m1/s1. The van der Waals surface area contributed by atoms with Crippen LogP contribution in [-0.2, 0) is 12.8 Å². The Kier molecular flexibility index (Phi) is 7.87. The first kappa shape index (κ1) is 23.7. The molecule has 3 rings (SSSR count). The minimum atomic E-state index is -0.419. The number of carbonyl (C=O) groups is 1. The van der Waals surface area contributed by atoms with Gasteiger partial charge in [0, 0.05) is 24.9 Å². The molecule has 1 amide bonds. The van der Waals surface area contributed by atoms with Crippen LogP contribution in [-0.4, -0.2) is 25.6 Å². The summed E-state index contributed by atoms with van der Waals surface area (Å²) in [5, 5.41) is 23.6. The van der Waals surface area contributed by atoms with Gasteiger partial charge in [-0.1, -0.05) is 61.5 Å². The lowest BCUT2D eigenvalue weighted by Crippen LogP contribution is -2.31. The van der Waals surface area contributed by atoms with Gasteiger partial charge in [0.15, 0.2) is 11.0 Å². The molecule has 0 aliphatic rings. The van der Waals surface area contributed by atoms with Crippen molar-refractivity contribution in [1.29, 1.82) is 0 Å². The number of hydrogen-bond acceptors (Lipinski definition) is 6. The number of nitro benzene ring substituents is 1. The van der Waals surface area contributed by atoms with Crippen molar-refractivity contribution in [3.8, 4) is 0 Å². The van der Waals surface area contributed by atoms with Gasteiger partial charge in [-0.25, -0.2) is 0 Å². The van der Waals surface area contributed by atoms with Crippen LogP contribution in [0.2, 0.25) is 5.02 Å². The smallest absolute Gasteiger partial charge is 0.269 e. The summed E-state index contributed by atoms with van der Waals surface area (Å²) in [6, 6.07) is 13.0. The predicted molar refractivity (Wildman–Crippen MR) is 125 cm³/mol. The summed E-state index contributed by atoms with van der Waals surface area (Å²) in [4.78, 5) is 23.2. The van der Waals surface area contributed by atoms with Crippen LogP contribution in [0, 0.1) is 16.0 Å². The highest BCUT2D eigenvalue weighted by molar-refractivity contribution is 7.98. The molecule has 2 aromatic carbocycles. The van der Waals surface area contributed by atoms with E-state index in [1.807, 2.05) is 11.6 Å². The quantitative estimate of drug-likeness (QED) is 0.260. The van der Waals surface area contributed by atoms with Crippen molar-refractivity contribution in [2.75, 3.05) is 0 Å². The van der Waals surface area contributed by atoms with E-state index in [0.717, 1.165) is 5.56 Å². The van der Waals surface area contributed by atoms with Crippen LogP contribution in [0.15, 0.2) is 53.7 Å². The van der Waals surface area contributed by atoms with Gasteiger partial charge in [-0.2, -0.15) is 0 Å². The summed E-state index contributed by atoms with van der Waals surface area (Å²) in [5.74, 6) is 1.30. The number of non-ortho nitro benzene ring substituents is 1. The Hall–Kier alpha value is -2.91. The SMILES string of the molecule is CC(C)C[C@@H](NC(=O)c1ccccc1Cl)c1nnc(SCc2ccc([N+](=O)[O-])cc2)n1C. The molecule has 0 saturated heterocycles. The first-order valence-electron chi connectivity index (χ1n) is 10.1. The number of rotatable bonds is 9. The zero-order chi connectivity index (χ0) is 23.3. The molecule has 168 valence electrons. The fraction of sp³-hybridized carbons (Fsp3) is 0.318. The molecule has 1 heterocycles. The largest absolute Gasteiger partial charge is 0.342 e. The summed E-state index contributed by atoms with van der Waals surface area (Å²) in [6.07, 6.45) is 0.690. The van der Waals surface area contributed by atoms with Gasteiger partial charge in [0.05, 0.1) is 21.6 Å². The van der Waals surface area contributed by atoms with Crippen LogP contribution < -0.4 is 5.32 Å². The Bertz CT molecular complexity index is 1100. The lowest BCUT2D eigenvalue weighted by Gasteiger charge is -2.20. The number of carbonyl (C=O) groups excluding carboxylic acids is 1. The number of nitro groups is 1. The number of benzene rings is 2. The maximum atomic E-state index is 12.8. The molecule has 0 unspecified atom stereocenters. The van der Waals surface area contributed by atoms with E-state index in [9.17, 15) is 14.9 Å². The molecule has 0 spiro atoms. The second-order valence-corrected chi connectivity index (χ2v) is 9.10. The van der Waals surface area contributed by atoms with Gasteiger partial charge in [0.2, 0.25) is 0 Å². The van der Waals surface area contributed by atoms with Crippen LogP contribution >= 0.6 is 23.4 Å². The van der Waals surface area contributed by atoms with Crippen LogP contribution in [0.25, 0.3) is 0 Å². The number of halogens is 1. The van der Waals surface area contributed by atoms with E-state index in [1.165, 1.54) is 23.9 Å². The average molecular weight is 474 g/mol. The van der Waals surface area contributed by atoms with Crippen LogP contribution in [0.3, 0.4) is 0 Å². The van der Waals surface area contributed by atoms with Crippen LogP contribution in [0.1, 0.15) is 48.1 Å². The summed E-state index contributed by atoms with van der Waals surface area (Å²) >= 11 is 7.66. The van der Waals surface area contributed by atoms with Gasteiger partial charge < -0.3 is 9.88 Å². The van der Waals surface area contributed by atoms with E-state index in [4.69, 9.17) is 11.6 Å². The predicted octanol–water partition coefficient (Wildman–Crippen LogP) is 5.19. The molecule has 1 N–H and O–H groups in total. The third-order valence-electron chi connectivity index (χ3n) is 4.83. The van der Waals surface area contributed by atoms with Crippen molar-refractivity contribution >= 4 is 35.0 Å². The van der Waals surface area contributed by atoms with E-state index >= 15 is 0 Å². The maximum Gasteiger partial charge on any atom is 0.269 e. The lowest BCUT2D eigenvalue weighted by atomic mass is 10.0. The molecule has 1 aromatic heterocycles. The monoisotopic (exact) mass is 473 g/mol. The molecule has 32 heavy (non-hydrogen) atoms. The molecule has 0 bridgehead atoms. The van der Waals surface area contributed by atoms with E-state index in [2.05, 4.69) is 29.4 Å². The van der Waals surface area contributed by atoms with Crippen molar-refractivity contribution < 1.29 is 9.72 Å². The minimum absolute atomic E-state index is 0.0606. The van der Waals surface area contributed by atoms with Crippen LogP contribution in [0.5, 0.6) is 0 Å². The topological polar surface area (TPSA) is 103 Å². The Morgan fingerprint density at radius 1 is 1.19 bits per heavy atom. The minimum Gasteiger partial charge on any atom is -0.342 e. The van der Waals surface area contributed by atoms with E-state index in [-0.39, 0.29) is 17.6 Å². The Morgan fingerprint density at radius 3 is 2.50 bits per heavy atom. The number of amides is 1. The molecule has 0 aliphatic carbocycles. The van der Waals surface area contributed by atoms with Gasteiger partial charge >= 0.3 is 0 Å². The Labute approximate surface area is 195 Å². The fourth-order valence-corrected chi connectivity index (χ4v) is 4.29. The molecule has 3 aromatic rings. The molecule has 0 aliphatic heterocycles. The number of aromatic nitrogens is 3. The zero-order valence-electron chi connectivity index (χ0n) is 18.0. The summed E-state index contributed by atoms with van der Waals surface area (Å²) in [5.41, 5.74) is 1.42. The number of hydrogen-bond donors (Lipinski definition) is 1. The molecule has 1 atom stereocenters. The third-order valence-corrected chi connectivity index (χ3v) is 6.25. The Morgan fingerprint density at radius 2 is 1.88 bits per heavy atom. The van der Waals surface area contributed by atoms with Crippen LogP contribution in [0.4, 0.5) is 5.69 Å². The van der Waals surface area contributed by atoms with Gasteiger partial charge in [-0.3, -0.25) is 14.9 Å². The maximum absolute atomic E-state index is 12.8. The van der Waals surface area contributed by atoms with Gasteiger partial charge in [0.25, 0.3) is 11.6 Å². The van der Waals surface area contributed by atoms with Crippen molar-refractivity contribution in [3.63, 3.8) is 0 Å².